The fraction of sp³-hybridized carbons (Fsp3) is 0.267. The van der Waals surface area contributed by atoms with Gasteiger partial charge in [0, 0.05) is 26.0 Å². The Morgan fingerprint density at radius 3 is 2.63 bits per heavy atom. The molecule has 4 heteroatoms. The highest BCUT2D eigenvalue weighted by Crippen LogP contribution is 2.25. The van der Waals surface area contributed by atoms with Gasteiger partial charge in [-0.1, -0.05) is 0 Å². The maximum atomic E-state index is 13.4. The number of benzene rings is 1. The van der Waals surface area contributed by atoms with Crippen LogP contribution in [0.4, 0.5) is 15.8 Å². The Kier molecular flexibility index (Phi) is 4.00. The summed E-state index contributed by atoms with van der Waals surface area (Å²) in [5.74, 6) is -0.260. The number of halogens is 1. The second-order valence-electron chi connectivity index (χ2n) is 4.69. The highest BCUT2D eigenvalue weighted by Gasteiger charge is 2.09. The zero-order valence-corrected chi connectivity index (χ0v) is 11.2. The van der Waals surface area contributed by atoms with Crippen LogP contribution in [0.1, 0.15) is 11.1 Å². The molecule has 2 N–H and O–H groups in total. The molecule has 0 unspecified atom stereocenters. The summed E-state index contributed by atoms with van der Waals surface area (Å²) >= 11 is 0. The van der Waals surface area contributed by atoms with Crippen LogP contribution in [0.5, 0.6) is 0 Å². The van der Waals surface area contributed by atoms with Crippen LogP contribution in [0, 0.1) is 12.7 Å². The van der Waals surface area contributed by atoms with Crippen molar-refractivity contribution in [1.82, 2.24) is 4.98 Å². The maximum Gasteiger partial charge on any atom is 0.128 e. The molecular weight excluding hydrogens is 241 g/mol. The van der Waals surface area contributed by atoms with Crippen LogP contribution in [-0.4, -0.2) is 18.6 Å². The molecule has 3 nitrogen and oxygen atoms in total. The van der Waals surface area contributed by atoms with Gasteiger partial charge in [-0.25, -0.2) is 4.39 Å². The number of anilines is 2. The zero-order chi connectivity index (χ0) is 13.8. The molecule has 0 aliphatic heterocycles. The van der Waals surface area contributed by atoms with Gasteiger partial charge in [-0.2, -0.15) is 0 Å². The second kappa shape index (κ2) is 5.69. The highest BCUT2D eigenvalue weighted by atomic mass is 19.1. The fourth-order valence-corrected chi connectivity index (χ4v) is 1.98. The summed E-state index contributed by atoms with van der Waals surface area (Å²) in [6.45, 7) is 2.56. The third-order valence-electron chi connectivity index (χ3n) is 3.20. The lowest BCUT2D eigenvalue weighted by Crippen LogP contribution is -2.21. The van der Waals surface area contributed by atoms with Crippen molar-refractivity contribution in [3.05, 3.63) is 53.6 Å². The Labute approximate surface area is 112 Å². The molecule has 0 bridgehead atoms. The summed E-state index contributed by atoms with van der Waals surface area (Å²) in [6, 6.07) is 7.16. The third-order valence-corrected chi connectivity index (χ3v) is 3.20. The molecule has 0 saturated carbocycles. The summed E-state index contributed by atoms with van der Waals surface area (Å²) in [7, 11) is 1.96. The van der Waals surface area contributed by atoms with Crippen molar-refractivity contribution in [3.63, 3.8) is 0 Å². The summed E-state index contributed by atoms with van der Waals surface area (Å²) in [4.78, 5) is 6.03. The van der Waals surface area contributed by atoms with Crippen LogP contribution < -0.4 is 10.6 Å². The van der Waals surface area contributed by atoms with Crippen molar-refractivity contribution in [2.45, 2.75) is 13.3 Å². The first-order valence-electron chi connectivity index (χ1n) is 6.23. The number of hydrogen-bond acceptors (Lipinski definition) is 3. The van der Waals surface area contributed by atoms with E-state index in [1.54, 1.807) is 25.4 Å². The van der Waals surface area contributed by atoms with E-state index in [9.17, 15) is 4.39 Å². The smallest absolute Gasteiger partial charge is 0.128 e. The van der Waals surface area contributed by atoms with Gasteiger partial charge in [-0.05, 0) is 48.7 Å². The SMILES string of the molecule is Cc1cc(N(C)CCc2ccncc2)c(N)cc1F. The van der Waals surface area contributed by atoms with Crippen molar-refractivity contribution in [2.24, 2.45) is 0 Å². The lowest BCUT2D eigenvalue weighted by atomic mass is 10.1. The molecular formula is C15H18FN3. The van der Waals surface area contributed by atoms with E-state index in [0.29, 0.717) is 11.3 Å². The van der Waals surface area contributed by atoms with E-state index in [1.165, 1.54) is 11.6 Å². The molecule has 0 spiro atoms. The number of likely N-dealkylation sites (N-methyl/N-ethyl adjacent to an activating group) is 1. The summed E-state index contributed by atoms with van der Waals surface area (Å²) < 4.78 is 13.4. The maximum absolute atomic E-state index is 13.4. The number of nitrogens with zero attached hydrogens (tertiary/aromatic N) is 2. The van der Waals surface area contributed by atoms with E-state index in [2.05, 4.69) is 4.98 Å². The molecule has 19 heavy (non-hydrogen) atoms. The first kappa shape index (κ1) is 13.3. The number of nitrogens with two attached hydrogens (primary N) is 1. The topological polar surface area (TPSA) is 42.2 Å². The van der Waals surface area contributed by atoms with Crippen LogP contribution in [-0.2, 0) is 6.42 Å². The van der Waals surface area contributed by atoms with Crippen molar-refractivity contribution in [3.8, 4) is 0 Å². The Hall–Kier alpha value is -2.10. The number of pyridine rings is 1. The normalized spacial score (nSPS) is 10.5. The second-order valence-corrected chi connectivity index (χ2v) is 4.69. The number of hydrogen-bond donors (Lipinski definition) is 1. The Morgan fingerprint density at radius 2 is 1.95 bits per heavy atom. The summed E-state index contributed by atoms with van der Waals surface area (Å²) in [5, 5.41) is 0. The van der Waals surface area contributed by atoms with Gasteiger partial charge < -0.3 is 10.6 Å². The van der Waals surface area contributed by atoms with Crippen LogP contribution in [0.15, 0.2) is 36.7 Å². The number of aryl methyl sites for hydroxylation is 1. The number of rotatable bonds is 4. The van der Waals surface area contributed by atoms with Crippen LogP contribution in [0.25, 0.3) is 0 Å². The molecule has 2 aromatic rings. The molecule has 0 aliphatic rings. The van der Waals surface area contributed by atoms with Crippen molar-refractivity contribution in [2.75, 3.05) is 24.2 Å². The van der Waals surface area contributed by atoms with E-state index in [1.807, 2.05) is 24.1 Å². The average molecular weight is 259 g/mol. The molecule has 0 amide bonds. The van der Waals surface area contributed by atoms with Gasteiger partial charge in [0.05, 0.1) is 11.4 Å². The fourth-order valence-electron chi connectivity index (χ4n) is 1.98. The zero-order valence-electron chi connectivity index (χ0n) is 11.2. The van der Waals surface area contributed by atoms with Gasteiger partial charge in [-0.3, -0.25) is 4.98 Å². The molecule has 100 valence electrons. The van der Waals surface area contributed by atoms with Crippen molar-refractivity contribution in [1.29, 1.82) is 0 Å². The lowest BCUT2D eigenvalue weighted by Gasteiger charge is -2.22. The molecule has 0 aliphatic carbocycles. The van der Waals surface area contributed by atoms with Gasteiger partial charge >= 0.3 is 0 Å². The van der Waals surface area contributed by atoms with E-state index in [-0.39, 0.29) is 5.82 Å². The minimum Gasteiger partial charge on any atom is -0.397 e. The van der Waals surface area contributed by atoms with Gasteiger partial charge in [-0.15, -0.1) is 0 Å². The summed E-state index contributed by atoms with van der Waals surface area (Å²) in [6.07, 6.45) is 4.46. The minimum absolute atomic E-state index is 0.260. The molecule has 2 rings (SSSR count). The van der Waals surface area contributed by atoms with Crippen LogP contribution in [0.3, 0.4) is 0 Å². The predicted molar refractivity (Wildman–Crippen MR) is 76.8 cm³/mol. The van der Waals surface area contributed by atoms with Gasteiger partial charge in [0.2, 0.25) is 0 Å². The molecule has 0 saturated heterocycles. The van der Waals surface area contributed by atoms with E-state index >= 15 is 0 Å². The highest BCUT2D eigenvalue weighted by molar-refractivity contribution is 5.68. The summed E-state index contributed by atoms with van der Waals surface area (Å²) in [5.41, 5.74) is 9.04. The number of nitrogen functional groups attached to an aromatic ring is 1. The first-order valence-corrected chi connectivity index (χ1v) is 6.23. The van der Waals surface area contributed by atoms with Crippen molar-refractivity contribution >= 4 is 11.4 Å². The molecule has 0 atom stereocenters. The Balaban J connectivity index is 2.08. The van der Waals surface area contributed by atoms with E-state index in [4.69, 9.17) is 5.73 Å². The van der Waals surface area contributed by atoms with Crippen LogP contribution in [0.2, 0.25) is 0 Å². The van der Waals surface area contributed by atoms with Gasteiger partial charge in [0.25, 0.3) is 0 Å². The van der Waals surface area contributed by atoms with Crippen LogP contribution >= 0.6 is 0 Å². The largest absolute Gasteiger partial charge is 0.397 e. The van der Waals surface area contributed by atoms with Gasteiger partial charge in [0.15, 0.2) is 0 Å². The first-order chi connectivity index (χ1) is 9.08. The van der Waals surface area contributed by atoms with Gasteiger partial charge in [0.1, 0.15) is 5.82 Å². The molecule has 0 radical (unpaired) electrons. The van der Waals surface area contributed by atoms with Crippen molar-refractivity contribution < 1.29 is 4.39 Å². The Bertz CT molecular complexity index is 555. The third kappa shape index (κ3) is 3.22. The monoisotopic (exact) mass is 259 g/mol. The standard InChI is InChI=1S/C15H18FN3/c1-11-9-15(14(17)10-13(11)16)19(2)8-5-12-3-6-18-7-4-12/h3-4,6-7,9-10H,5,8,17H2,1-2H3. The lowest BCUT2D eigenvalue weighted by molar-refractivity contribution is 0.619. The predicted octanol–water partition coefficient (Wildman–Crippen LogP) is 2.79. The van der Waals surface area contributed by atoms with E-state index < -0.39 is 0 Å². The quantitative estimate of drug-likeness (QED) is 0.858. The van der Waals surface area contributed by atoms with E-state index in [0.717, 1.165) is 18.7 Å². The minimum atomic E-state index is -0.260. The Morgan fingerprint density at radius 1 is 1.26 bits per heavy atom. The number of aromatic nitrogens is 1. The molecule has 1 heterocycles. The molecule has 1 aromatic carbocycles. The average Bonchev–Trinajstić information content (AvgIpc) is 2.41. The molecule has 1 aromatic heterocycles. The molecule has 0 fully saturated rings.